The van der Waals surface area contributed by atoms with E-state index >= 15 is 0 Å². The van der Waals surface area contributed by atoms with Gasteiger partial charge in [-0.15, -0.1) is 0 Å². The third-order valence-electron chi connectivity index (χ3n) is 2.52. The minimum Gasteiger partial charge on any atom is -0.391 e. The number of hydrogen-bond acceptors (Lipinski definition) is 5. The number of rotatable bonds is 1. The normalized spacial score (nSPS) is 22.4. The molecule has 1 atom stereocenters. The molecule has 0 unspecified atom stereocenters. The predicted molar refractivity (Wildman–Crippen MR) is 61.4 cm³/mol. The molecule has 1 aromatic heterocycles. The molecular formula is C10H17N3OS. The molecule has 1 aliphatic heterocycles. The van der Waals surface area contributed by atoms with Gasteiger partial charge in [0.25, 0.3) is 0 Å². The molecule has 2 rings (SSSR count). The number of aromatic nitrogens is 2. The van der Waals surface area contributed by atoms with E-state index in [1.807, 2.05) is 0 Å². The van der Waals surface area contributed by atoms with Gasteiger partial charge >= 0.3 is 0 Å². The highest BCUT2D eigenvalue weighted by Crippen LogP contribution is 2.27. The summed E-state index contributed by atoms with van der Waals surface area (Å²) in [5.74, 6) is 0.892. The second kappa shape index (κ2) is 3.72. The van der Waals surface area contributed by atoms with Crippen molar-refractivity contribution in [2.75, 3.05) is 18.0 Å². The van der Waals surface area contributed by atoms with Gasteiger partial charge in [0.15, 0.2) is 0 Å². The van der Waals surface area contributed by atoms with Crippen LogP contribution in [0, 0.1) is 0 Å². The van der Waals surface area contributed by atoms with Crippen LogP contribution in [0.3, 0.4) is 0 Å². The molecule has 84 valence electrons. The summed E-state index contributed by atoms with van der Waals surface area (Å²) in [4.78, 5) is 6.63. The Bertz CT molecular complexity index is 345. The molecule has 0 amide bonds. The van der Waals surface area contributed by atoms with E-state index in [0.717, 1.165) is 23.9 Å². The van der Waals surface area contributed by atoms with Crippen molar-refractivity contribution in [1.29, 1.82) is 0 Å². The summed E-state index contributed by atoms with van der Waals surface area (Å²) in [5.41, 5.74) is 0.00703. The van der Waals surface area contributed by atoms with Gasteiger partial charge in [-0.2, -0.15) is 4.37 Å². The van der Waals surface area contributed by atoms with Crippen LogP contribution in [0.1, 0.15) is 33.0 Å². The van der Waals surface area contributed by atoms with Gasteiger partial charge in [0, 0.05) is 30.0 Å². The number of nitrogens with zero attached hydrogens (tertiary/aromatic N) is 3. The van der Waals surface area contributed by atoms with Crippen molar-refractivity contribution in [3.63, 3.8) is 0 Å². The van der Waals surface area contributed by atoms with E-state index in [0.29, 0.717) is 6.54 Å². The monoisotopic (exact) mass is 227 g/mol. The molecule has 4 nitrogen and oxygen atoms in total. The van der Waals surface area contributed by atoms with Crippen molar-refractivity contribution in [3.8, 4) is 0 Å². The second-order valence-corrected chi connectivity index (χ2v) is 5.77. The fraction of sp³-hybridized carbons (Fsp3) is 0.800. The Hall–Kier alpha value is -0.680. The minimum absolute atomic E-state index is 0.00703. The molecular weight excluding hydrogens is 210 g/mol. The average molecular weight is 227 g/mol. The minimum atomic E-state index is -0.202. The summed E-state index contributed by atoms with van der Waals surface area (Å²) in [6, 6.07) is 0. The Balaban J connectivity index is 2.14. The smallest absolute Gasteiger partial charge is 0.205 e. The first-order chi connectivity index (χ1) is 6.97. The van der Waals surface area contributed by atoms with Crippen LogP contribution in [-0.4, -0.2) is 33.7 Å². The Morgan fingerprint density at radius 1 is 1.47 bits per heavy atom. The SMILES string of the molecule is CC(C)(C)c1nsc(N2CC[C@@H](O)C2)n1. The second-order valence-electron chi connectivity index (χ2n) is 5.04. The maximum absolute atomic E-state index is 9.44. The van der Waals surface area contributed by atoms with Crippen molar-refractivity contribution in [2.45, 2.75) is 38.7 Å². The Morgan fingerprint density at radius 2 is 2.20 bits per heavy atom. The average Bonchev–Trinajstić information content (AvgIpc) is 2.69. The highest BCUT2D eigenvalue weighted by atomic mass is 32.1. The highest BCUT2D eigenvalue weighted by Gasteiger charge is 2.25. The van der Waals surface area contributed by atoms with Crippen LogP contribution in [-0.2, 0) is 5.41 Å². The quantitative estimate of drug-likeness (QED) is 0.788. The lowest BCUT2D eigenvalue weighted by Gasteiger charge is -2.14. The van der Waals surface area contributed by atoms with Crippen LogP contribution >= 0.6 is 11.5 Å². The predicted octanol–water partition coefficient (Wildman–Crippen LogP) is 1.41. The third kappa shape index (κ3) is 2.29. The fourth-order valence-corrected chi connectivity index (χ4v) is 2.46. The molecule has 1 N–H and O–H groups in total. The molecule has 1 saturated heterocycles. The zero-order valence-electron chi connectivity index (χ0n) is 9.40. The van der Waals surface area contributed by atoms with Crippen LogP contribution in [0.4, 0.5) is 5.13 Å². The van der Waals surface area contributed by atoms with E-state index in [1.54, 1.807) is 0 Å². The van der Waals surface area contributed by atoms with Crippen LogP contribution < -0.4 is 4.90 Å². The largest absolute Gasteiger partial charge is 0.391 e. The maximum Gasteiger partial charge on any atom is 0.205 e. The summed E-state index contributed by atoms with van der Waals surface area (Å²) in [6.07, 6.45) is 0.636. The third-order valence-corrected chi connectivity index (χ3v) is 3.30. The number of hydrogen-bond donors (Lipinski definition) is 1. The lowest BCUT2D eigenvalue weighted by Crippen LogP contribution is -2.21. The van der Waals surface area contributed by atoms with Gasteiger partial charge in [-0.1, -0.05) is 20.8 Å². The first-order valence-corrected chi connectivity index (χ1v) is 6.01. The van der Waals surface area contributed by atoms with E-state index < -0.39 is 0 Å². The fourth-order valence-electron chi connectivity index (χ4n) is 1.56. The zero-order valence-corrected chi connectivity index (χ0v) is 10.2. The van der Waals surface area contributed by atoms with Crippen molar-refractivity contribution < 1.29 is 5.11 Å². The molecule has 1 aromatic rings. The summed E-state index contributed by atoms with van der Waals surface area (Å²) in [6.45, 7) is 7.91. The molecule has 1 aliphatic rings. The molecule has 0 bridgehead atoms. The van der Waals surface area contributed by atoms with Gasteiger partial charge in [-0.3, -0.25) is 0 Å². The zero-order chi connectivity index (χ0) is 11.1. The van der Waals surface area contributed by atoms with Crippen LogP contribution in [0.2, 0.25) is 0 Å². The Morgan fingerprint density at radius 3 is 2.67 bits per heavy atom. The van der Waals surface area contributed by atoms with Crippen molar-refractivity contribution in [2.24, 2.45) is 0 Å². The number of β-amino-alcohol motifs (C(OH)–C–C–N with tert-alkyl or cyclic N) is 1. The molecule has 5 heteroatoms. The molecule has 0 radical (unpaired) electrons. The molecule has 2 heterocycles. The summed E-state index contributed by atoms with van der Waals surface area (Å²) >= 11 is 1.43. The summed E-state index contributed by atoms with van der Waals surface area (Å²) < 4.78 is 4.36. The molecule has 0 spiro atoms. The summed E-state index contributed by atoms with van der Waals surface area (Å²) in [5, 5.41) is 10.4. The summed E-state index contributed by atoms with van der Waals surface area (Å²) in [7, 11) is 0. The van der Waals surface area contributed by atoms with Crippen molar-refractivity contribution in [1.82, 2.24) is 9.36 Å². The van der Waals surface area contributed by atoms with Gasteiger partial charge in [0.1, 0.15) is 5.82 Å². The van der Waals surface area contributed by atoms with E-state index in [-0.39, 0.29) is 11.5 Å². The van der Waals surface area contributed by atoms with Crippen LogP contribution in [0.15, 0.2) is 0 Å². The number of anilines is 1. The first-order valence-electron chi connectivity index (χ1n) is 5.24. The Kier molecular flexibility index (Phi) is 2.68. The first kappa shape index (κ1) is 10.8. The van der Waals surface area contributed by atoms with E-state index in [4.69, 9.17) is 0 Å². The molecule has 1 fully saturated rings. The highest BCUT2D eigenvalue weighted by molar-refractivity contribution is 7.09. The van der Waals surface area contributed by atoms with Gasteiger partial charge < -0.3 is 10.0 Å². The van der Waals surface area contributed by atoms with E-state index in [2.05, 4.69) is 35.0 Å². The standard InChI is InChI=1S/C10H17N3OS/c1-10(2,3)8-11-9(15-12-8)13-5-4-7(14)6-13/h7,14H,4-6H2,1-3H3/t7-/m1/s1. The van der Waals surface area contributed by atoms with Gasteiger partial charge in [-0.25, -0.2) is 4.98 Å². The van der Waals surface area contributed by atoms with Crippen molar-refractivity contribution in [3.05, 3.63) is 5.82 Å². The molecule has 0 saturated carbocycles. The van der Waals surface area contributed by atoms with E-state index in [9.17, 15) is 5.11 Å². The molecule has 15 heavy (non-hydrogen) atoms. The van der Waals surface area contributed by atoms with Gasteiger partial charge in [0.05, 0.1) is 6.10 Å². The van der Waals surface area contributed by atoms with Crippen LogP contribution in [0.25, 0.3) is 0 Å². The van der Waals surface area contributed by atoms with Crippen molar-refractivity contribution >= 4 is 16.7 Å². The lowest BCUT2D eigenvalue weighted by molar-refractivity contribution is 0.198. The number of aliphatic hydroxyl groups is 1. The molecule has 0 aliphatic carbocycles. The topological polar surface area (TPSA) is 49.2 Å². The maximum atomic E-state index is 9.44. The Labute approximate surface area is 94.1 Å². The van der Waals surface area contributed by atoms with Gasteiger partial charge in [-0.05, 0) is 6.42 Å². The lowest BCUT2D eigenvalue weighted by atomic mass is 9.96. The molecule has 0 aromatic carbocycles. The number of aliphatic hydroxyl groups excluding tert-OH is 1. The van der Waals surface area contributed by atoms with Crippen LogP contribution in [0.5, 0.6) is 0 Å². The van der Waals surface area contributed by atoms with E-state index in [1.165, 1.54) is 11.5 Å². The van der Waals surface area contributed by atoms with Gasteiger partial charge in [0.2, 0.25) is 5.13 Å².